The minimum Gasteiger partial charge on any atom is -0.336 e. The number of aryl methyl sites for hydroxylation is 1. The average molecular weight is 358 g/mol. The quantitative estimate of drug-likeness (QED) is 0.507. The molecule has 0 atom stereocenters. The summed E-state index contributed by atoms with van der Waals surface area (Å²) >= 11 is 17.6. The van der Waals surface area contributed by atoms with E-state index in [0.717, 1.165) is 5.56 Å². The van der Waals surface area contributed by atoms with Crippen LogP contribution in [-0.2, 0) is 0 Å². The van der Waals surface area contributed by atoms with Crippen molar-refractivity contribution < 1.29 is 4.39 Å². The number of halogens is 4. The molecule has 2 aromatic heterocycles. The Balaban J connectivity index is 2.12. The summed E-state index contributed by atoms with van der Waals surface area (Å²) in [6.07, 6.45) is 1.36. The van der Waals surface area contributed by atoms with Gasteiger partial charge in [0.1, 0.15) is 17.0 Å². The van der Waals surface area contributed by atoms with Gasteiger partial charge in [0, 0.05) is 0 Å². The van der Waals surface area contributed by atoms with Crippen LogP contribution < -0.4 is 5.32 Å². The first-order valence-corrected chi connectivity index (χ1v) is 7.29. The van der Waals surface area contributed by atoms with Crippen LogP contribution in [0.15, 0.2) is 24.5 Å². The fourth-order valence-corrected chi connectivity index (χ4v) is 2.35. The number of nitrogens with zero attached hydrogens (tertiary/aromatic N) is 3. The predicted molar refractivity (Wildman–Crippen MR) is 86.8 cm³/mol. The molecule has 0 unspecified atom stereocenters. The van der Waals surface area contributed by atoms with Gasteiger partial charge in [-0.1, -0.05) is 34.8 Å². The lowest BCUT2D eigenvalue weighted by molar-refractivity contribution is 0.632. The molecule has 0 aliphatic rings. The number of anilines is 2. The first-order chi connectivity index (χ1) is 10.5. The Hall–Kier alpha value is -1.69. The van der Waals surface area contributed by atoms with Gasteiger partial charge in [-0.3, -0.25) is 0 Å². The molecule has 0 bridgehead atoms. The first kappa shape index (κ1) is 15.2. The summed E-state index contributed by atoms with van der Waals surface area (Å²) in [5, 5.41) is 3.15. The standard InChI is InChI=1S/C14H8Cl3FN4/c1-6-4-9-12(22-13(6)17)14(20-5-19-9)21-8-3-2-7(15)10(16)11(8)18/h2-5H,1H3,(H,19,20,21). The van der Waals surface area contributed by atoms with Gasteiger partial charge < -0.3 is 5.32 Å². The predicted octanol–water partition coefficient (Wildman–Crippen LogP) is 5.18. The molecule has 0 aliphatic heterocycles. The summed E-state index contributed by atoms with van der Waals surface area (Å²) < 4.78 is 14.1. The van der Waals surface area contributed by atoms with E-state index in [9.17, 15) is 4.39 Å². The molecule has 2 heterocycles. The SMILES string of the molecule is Cc1cc2ncnc(Nc3ccc(Cl)c(Cl)c3F)c2nc1Cl. The summed E-state index contributed by atoms with van der Waals surface area (Å²) in [6.45, 7) is 1.82. The Morgan fingerprint density at radius 3 is 2.68 bits per heavy atom. The topological polar surface area (TPSA) is 50.7 Å². The Bertz CT molecular complexity index is 886. The molecular formula is C14H8Cl3FN4. The van der Waals surface area contributed by atoms with Crippen molar-refractivity contribution in [2.75, 3.05) is 5.32 Å². The van der Waals surface area contributed by atoms with Gasteiger partial charge in [-0.2, -0.15) is 0 Å². The van der Waals surface area contributed by atoms with Crippen molar-refractivity contribution >= 4 is 57.3 Å². The van der Waals surface area contributed by atoms with E-state index in [0.29, 0.717) is 22.0 Å². The molecule has 3 rings (SSSR count). The molecule has 0 radical (unpaired) electrons. The Labute approximate surface area is 140 Å². The fourth-order valence-electron chi connectivity index (χ4n) is 1.90. The number of hydrogen-bond acceptors (Lipinski definition) is 4. The van der Waals surface area contributed by atoms with Crippen molar-refractivity contribution in [3.63, 3.8) is 0 Å². The minimum atomic E-state index is -0.667. The van der Waals surface area contributed by atoms with E-state index in [1.165, 1.54) is 18.5 Å². The highest BCUT2D eigenvalue weighted by Crippen LogP contribution is 2.32. The molecule has 4 nitrogen and oxygen atoms in total. The Morgan fingerprint density at radius 2 is 1.91 bits per heavy atom. The third-order valence-corrected chi connectivity index (χ3v) is 4.19. The van der Waals surface area contributed by atoms with Gasteiger partial charge in [0.2, 0.25) is 0 Å². The van der Waals surface area contributed by atoms with Gasteiger partial charge in [0.25, 0.3) is 0 Å². The van der Waals surface area contributed by atoms with Crippen molar-refractivity contribution in [2.24, 2.45) is 0 Å². The van der Waals surface area contributed by atoms with Crippen molar-refractivity contribution in [1.82, 2.24) is 15.0 Å². The summed E-state index contributed by atoms with van der Waals surface area (Å²) in [5.41, 5.74) is 1.95. The van der Waals surface area contributed by atoms with E-state index in [1.807, 2.05) is 6.92 Å². The zero-order chi connectivity index (χ0) is 15.9. The lowest BCUT2D eigenvalue weighted by Crippen LogP contribution is -2.00. The fraction of sp³-hybridized carbons (Fsp3) is 0.0714. The molecule has 8 heteroatoms. The second kappa shape index (κ2) is 5.83. The second-order valence-electron chi connectivity index (χ2n) is 4.53. The van der Waals surface area contributed by atoms with E-state index in [1.54, 1.807) is 6.07 Å². The van der Waals surface area contributed by atoms with Crippen LogP contribution in [0.2, 0.25) is 15.2 Å². The van der Waals surface area contributed by atoms with Crippen LogP contribution in [0, 0.1) is 12.7 Å². The van der Waals surface area contributed by atoms with Crippen molar-refractivity contribution in [3.05, 3.63) is 51.1 Å². The number of pyridine rings is 1. The van der Waals surface area contributed by atoms with Gasteiger partial charge in [-0.05, 0) is 30.7 Å². The molecular weight excluding hydrogens is 350 g/mol. The van der Waals surface area contributed by atoms with Crippen molar-refractivity contribution in [3.8, 4) is 0 Å². The summed E-state index contributed by atoms with van der Waals surface area (Å²) in [4.78, 5) is 12.4. The summed E-state index contributed by atoms with van der Waals surface area (Å²) in [5.74, 6) is -0.344. The maximum absolute atomic E-state index is 14.1. The third kappa shape index (κ3) is 2.67. The number of aromatic nitrogens is 3. The lowest BCUT2D eigenvalue weighted by Gasteiger charge is -2.10. The zero-order valence-electron chi connectivity index (χ0n) is 11.2. The van der Waals surface area contributed by atoms with Crippen LogP contribution >= 0.6 is 34.8 Å². The smallest absolute Gasteiger partial charge is 0.166 e. The van der Waals surface area contributed by atoms with Gasteiger partial charge in [-0.25, -0.2) is 19.3 Å². The van der Waals surface area contributed by atoms with E-state index >= 15 is 0 Å². The molecule has 0 saturated carbocycles. The van der Waals surface area contributed by atoms with Crippen LogP contribution in [0.3, 0.4) is 0 Å². The van der Waals surface area contributed by atoms with Gasteiger partial charge in [0.15, 0.2) is 11.6 Å². The van der Waals surface area contributed by atoms with Gasteiger partial charge in [0.05, 0.1) is 21.2 Å². The highest BCUT2D eigenvalue weighted by atomic mass is 35.5. The van der Waals surface area contributed by atoms with Crippen LogP contribution in [-0.4, -0.2) is 15.0 Å². The molecule has 1 N–H and O–H groups in total. The Kier molecular flexibility index (Phi) is 4.04. The number of nitrogens with one attached hydrogen (secondary N) is 1. The minimum absolute atomic E-state index is 0.132. The second-order valence-corrected chi connectivity index (χ2v) is 5.68. The highest BCUT2D eigenvalue weighted by Gasteiger charge is 2.14. The van der Waals surface area contributed by atoms with Gasteiger partial charge in [-0.15, -0.1) is 0 Å². The monoisotopic (exact) mass is 356 g/mol. The first-order valence-electron chi connectivity index (χ1n) is 6.15. The third-order valence-electron chi connectivity index (χ3n) is 3.03. The van der Waals surface area contributed by atoms with E-state index in [4.69, 9.17) is 34.8 Å². The molecule has 3 aromatic rings. The van der Waals surface area contributed by atoms with Crippen LogP contribution in [0.5, 0.6) is 0 Å². The van der Waals surface area contributed by atoms with Crippen LogP contribution in [0.1, 0.15) is 5.56 Å². The molecule has 0 aliphatic carbocycles. The molecule has 112 valence electrons. The van der Waals surface area contributed by atoms with Crippen LogP contribution in [0.4, 0.5) is 15.9 Å². The van der Waals surface area contributed by atoms with Crippen molar-refractivity contribution in [1.29, 1.82) is 0 Å². The van der Waals surface area contributed by atoms with E-state index in [2.05, 4.69) is 20.3 Å². The molecule has 0 spiro atoms. The Morgan fingerprint density at radius 1 is 1.14 bits per heavy atom. The number of hydrogen-bond donors (Lipinski definition) is 1. The normalized spacial score (nSPS) is 11.0. The summed E-state index contributed by atoms with van der Waals surface area (Å²) in [6, 6.07) is 4.74. The average Bonchev–Trinajstić information content (AvgIpc) is 2.50. The summed E-state index contributed by atoms with van der Waals surface area (Å²) in [7, 11) is 0. The van der Waals surface area contributed by atoms with E-state index < -0.39 is 5.82 Å². The maximum atomic E-state index is 14.1. The zero-order valence-corrected chi connectivity index (χ0v) is 13.4. The number of fused-ring (bicyclic) bond motifs is 1. The van der Waals surface area contributed by atoms with E-state index in [-0.39, 0.29) is 15.7 Å². The largest absolute Gasteiger partial charge is 0.336 e. The number of benzene rings is 1. The molecule has 0 saturated heterocycles. The van der Waals surface area contributed by atoms with Gasteiger partial charge >= 0.3 is 0 Å². The molecule has 22 heavy (non-hydrogen) atoms. The van der Waals surface area contributed by atoms with Crippen LogP contribution in [0.25, 0.3) is 11.0 Å². The van der Waals surface area contributed by atoms with Crippen molar-refractivity contribution in [2.45, 2.75) is 6.92 Å². The lowest BCUT2D eigenvalue weighted by atomic mass is 10.2. The maximum Gasteiger partial charge on any atom is 0.166 e. The molecule has 0 amide bonds. The number of rotatable bonds is 2. The highest BCUT2D eigenvalue weighted by molar-refractivity contribution is 6.42. The molecule has 1 aromatic carbocycles. The molecule has 0 fully saturated rings.